The summed E-state index contributed by atoms with van der Waals surface area (Å²) < 4.78 is 35.8. The van der Waals surface area contributed by atoms with E-state index >= 15 is 0 Å². The lowest BCUT2D eigenvalue weighted by Crippen LogP contribution is -2.45. The second kappa shape index (κ2) is 12.1. The van der Waals surface area contributed by atoms with E-state index in [-0.39, 0.29) is 0 Å². The van der Waals surface area contributed by atoms with Gasteiger partial charge in [0.15, 0.2) is 0 Å². The molecule has 0 amide bonds. The van der Waals surface area contributed by atoms with Gasteiger partial charge in [0.05, 0.1) is 17.3 Å². The molecule has 0 heterocycles. The van der Waals surface area contributed by atoms with Gasteiger partial charge in [-0.15, -0.1) is 0 Å². The molecular weight excluding hydrogens is 348 g/mol. The van der Waals surface area contributed by atoms with Crippen molar-refractivity contribution in [1.82, 2.24) is 0 Å². The lowest BCUT2D eigenvalue weighted by atomic mass is 10.7. The Labute approximate surface area is 148 Å². The first-order valence-electron chi connectivity index (χ1n) is 6.93. The van der Waals surface area contributed by atoms with Crippen LogP contribution >= 0.6 is 0 Å². The van der Waals surface area contributed by atoms with Gasteiger partial charge in [0.1, 0.15) is 0 Å². The number of rotatable bonds is 11. The minimum absolute atomic E-state index is 0.504. The summed E-state index contributed by atoms with van der Waals surface area (Å²) in [4.78, 5) is 0. The average molecular weight is 379 g/mol. The van der Waals surface area contributed by atoms with Crippen molar-refractivity contribution in [2.45, 2.75) is 20.8 Å². The predicted octanol–water partition coefficient (Wildman–Crippen LogP) is 3.31. The third-order valence-electron chi connectivity index (χ3n) is 2.20. The second-order valence-corrected chi connectivity index (χ2v) is 9.40. The molecule has 0 radical (unpaired) electrons. The van der Waals surface area contributed by atoms with Crippen LogP contribution in [0.1, 0.15) is 20.8 Å². The van der Waals surface area contributed by atoms with Crippen molar-refractivity contribution >= 4 is 17.9 Å². The van der Waals surface area contributed by atoms with Gasteiger partial charge in [0, 0.05) is 34.1 Å². The van der Waals surface area contributed by atoms with Crippen LogP contribution in [0, 0.1) is 0 Å². The summed E-state index contributed by atoms with van der Waals surface area (Å²) in [6, 6.07) is 0. The van der Waals surface area contributed by atoms with Gasteiger partial charge in [-0.1, -0.05) is 26.3 Å². The first-order valence-corrected chi connectivity index (χ1v) is 10.4. The first kappa shape index (κ1) is 24.9. The number of hydrogen-bond donors (Lipinski definition) is 0. The van der Waals surface area contributed by atoms with Crippen molar-refractivity contribution in [2.75, 3.05) is 28.4 Å². The lowest BCUT2D eigenvalue weighted by Gasteiger charge is -2.27. The zero-order chi connectivity index (χ0) is 19.4. The molecule has 0 fully saturated rings. The molecule has 0 spiro atoms. The molecule has 0 aliphatic rings. The van der Waals surface area contributed by atoms with Crippen molar-refractivity contribution in [3.05, 3.63) is 49.3 Å². The van der Waals surface area contributed by atoms with Gasteiger partial charge >= 0.3 is 17.9 Å². The zero-order valence-electron chi connectivity index (χ0n) is 15.8. The van der Waals surface area contributed by atoms with E-state index < -0.39 is 17.9 Å². The number of allylic oxidation sites excluding steroid dienone is 3. The maximum atomic E-state index is 5.47. The third kappa shape index (κ3) is 9.70. The van der Waals surface area contributed by atoms with E-state index in [0.717, 1.165) is 0 Å². The molecule has 0 unspecified atom stereocenters. The molecule has 0 rings (SSSR count). The maximum Gasteiger partial charge on any atom is 0.728 e. The van der Waals surface area contributed by atoms with Gasteiger partial charge < -0.3 is 31.0 Å². The summed E-state index contributed by atoms with van der Waals surface area (Å²) in [6.45, 7) is 19.8. The molecule has 0 aliphatic heterocycles. The largest absolute Gasteiger partial charge is 0.728 e. The van der Waals surface area contributed by atoms with Gasteiger partial charge in [0.25, 0.3) is 0 Å². The lowest BCUT2D eigenvalue weighted by molar-refractivity contribution is 0.0226. The van der Waals surface area contributed by atoms with Crippen LogP contribution in [0.3, 0.4) is 0 Å². The van der Waals surface area contributed by atoms with Crippen LogP contribution in [0.5, 0.6) is 0 Å². The van der Waals surface area contributed by atoms with Crippen LogP contribution in [0.15, 0.2) is 49.3 Å². The molecule has 0 aromatic carbocycles. The van der Waals surface area contributed by atoms with Gasteiger partial charge in [0.2, 0.25) is 0 Å². The minimum Gasteiger partial charge on any atom is -0.485 e. The first-order chi connectivity index (χ1) is 11.1. The van der Waals surface area contributed by atoms with Gasteiger partial charge in [-0.2, -0.15) is 0 Å². The van der Waals surface area contributed by atoms with E-state index in [1.54, 1.807) is 20.8 Å². The molecule has 0 saturated carbocycles. The third-order valence-corrected chi connectivity index (χ3v) is 6.60. The van der Waals surface area contributed by atoms with Crippen molar-refractivity contribution in [3.8, 4) is 0 Å². The molecule has 0 atom stereocenters. The van der Waals surface area contributed by atoms with Crippen molar-refractivity contribution in [1.29, 1.82) is 0 Å². The normalized spacial score (nSPS) is 10.8. The highest BCUT2D eigenvalue weighted by molar-refractivity contribution is 6.67. The Balaban J connectivity index is 0. The van der Waals surface area contributed by atoms with E-state index in [9.17, 15) is 0 Å². The Morgan fingerprint density at radius 2 is 0.917 bits per heavy atom. The van der Waals surface area contributed by atoms with Gasteiger partial charge in [-0.05, 0) is 20.8 Å². The van der Waals surface area contributed by atoms with Crippen molar-refractivity contribution in [3.63, 3.8) is 0 Å². The SMILES string of the molecule is C=C[Si](OC(=C)C)(OC(=C)C)OC(=C)C.CO[Si](OC)(OC)OC. The van der Waals surface area contributed by atoms with Crippen LogP contribution in [0.25, 0.3) is 0 Å². The molecule has 0 aromatic heterocycles. The van der Waals surface area contributed by atoms with E-state index in [2.05, 4.69) is 26.3 Å². The molecule has 0 N–H and O–H groups in total. The minimum atomic E-state index is -2.99. The monoisotopic (exact) mass is 378 g/mol. The van der Waals surface area contributed by atoms with Gasteiger partial charge in [-0.3, -0.25) is 0 Å². The zero-order valence-corrected chi connectivity index (χ0v) is 17.8. The molecule has 0 aromatic rings. The van der Waals surface area contributed by atoms with Crippen LogP contribution in [-0.4, -0.2) is 46.3 Å². The molecule has 24 heavy (non-hydrogen) atoms. The fraction of sp³-hybridized carbons (Fsp3) is 0.467. The van der Waals surface area contributed by atoms with Crippen molar-refractivity contribution in [2.24, 2.45) is 0 Å². The molecular formula is C15H30O7Si2. The van der Waals surface area contributed by atoms with E-state index in [0.29, 0.717) is 17.3 Å². The Hall–Kier alpha value is -1.37. The van der Waals surface area contributed by atoms with E-state index in [1.165, 1.54) is 34.1 Å². The van der Waals surface area contributed by atoms with E-state index in [4.69, 9.17) is 31.0 Å². The molecule has 0 bridgehead atoms. The molecule has 0 aliphatic carbocycles. The highest BCUT2D eigenvalue weighted by Crippen LogP contribution is 2.20. The molecule has 0 saturated heterocycles. The fourth-order valence-electron chi connectivity index (χ4n) is 1.42. The number of hydrogen-bond acceptors (Lipinski definition) is 7. The quantitative estimate of drug-likeness (QED) is 0.404. The Morgan fingerprint density at radius 1 is 0.667 bits per heavy atom. The topological polar surface area (TPSA) is 64.6 Å². The van der Waals surface area contributed by atoms with Gasteiger partial charge in [-0.25, -0.2) is 0 Å². The maximum absolute atomic E-state index is 5.47. The smallest absolute Gasteiger partial charge is 0.485 e. The van der Waals surface area contributed by atoms with E-state index in [1.807, 2.05) is 0 Å². The summed E-state index contributed by atoms with van der Waals surface area (Å²) in [5.41, 5.74) is 1.52. The summed E-state index contributed by atoms with van der Waals surface area (Å²) in [7, 11) is 0.270. The highest BCUT2D eigenvalue weighted by Gasteiger charge is 2.45. The average Bonchev–Trinajstić information content (AvgIpc) is 2.48. The van der Waals surface area contributed by atoms with Crippen molar-refractivity contribution < 1.29 is 31.0 Å². The van der Waals surface area contributed by atoms with Crippen LogP contribution < -0.4 is 0 Å². The predicted molar refractivity (Wildman–Crippen MR) is 97.4 cm³/mol. The Bertz CT molecular complexity index is 375. The summed E-state index contributed by atoms with van der Waals surface area (Å²) >= 11 is 0. The summed E-state index contributed by atoms with van der Waals surface area (Å²) in [6.07, 6.45) is 0. The summed E-state index contributed by atoms with van der Waals surface area (Å²) in [5.74, 6) is 1.51. The molecule has 9 heteroatoms. The van der Waals surface area contributed by atoms with Crippen LogP contribution in [0.4, 0.5) is 0 Å². The fourth-order valence-corrected chi connectivity index (χ4v) is 4.25. The summed E-state index contributed by atoms with van der Waals surface area (Å²) in [5, 5.41) is 0. The Kier molecular flexibility index (Phi) is 12.5. The molecule has 7 nitrogen and oxygen atoms in total. The second-order valence-electron chi connectivity index (χ2n) is 4.54. The molecule has 140 valence electrons. The Morgan fingerprint density at radius 3 is 1.00 bits per heavy atom. The highest BCUT2D eigenvalue weighted by atomic mass is 28.4. The van der Waals surface area contributed by atoms with Crippen LogP contribution in [-0.2, 0) is 31.0 Å². The van der Waals surface area contributed by atoms with Crippen LogP contribution in [0.2, 0.25) is 0 Å². The standard InChI is InChI=1S/C11H18O3Si.C4H12O4Si/c1-8-15(12-9(2)3,13-10(4)5)14-11(6)7;1-5-9(6-2,7-3)8-4/h8H,1-2,4,6H2,3,5,7H3;1-4H3.